The SMILES string of the molecule is CCC(C)(C)N(C)CCCCCCNC1CC1. The average molecular weight is 240 g/mol. The van der Waals surface area contributed by atoms with Gasteiger partial charge in [0.2, 0.25) is 0 Å². The molecule has 0 aromatic rings. The van der Waals surface area contributed by atoms with Crippen LogP contribution in [-0.2, 0) is 0 Å². The Morgan fingerprint density at radius 3 is 2.35 bits per heavy atom. The molecule has 0 spiro atoms. The second-order valence-corrected chi connectivity index (χ2v) is 6.23. The summed E-state index contributed by atoms with van der Waals surface area (Å²) in [6.45, 7) is 9.44. The van der Waals surface area contributed by atoms with Crippen LogP contribution in [0.15, 0.2) is 0 Å². The molecule has 0 aromatic carbocycles. The zero-order valence-corrected chi connectivity index (χ0v) is 12.4. The maximum Gasteiger partial charge on any atom is 0.0147 e. The molecule has 102 valence electrons. The van der Waals surface area contributed by atoms with Gasteiger partial charge in [0.1, 0.15) is 0 Å². The van der Waals surface area contributed by atoms with Gasteiger partial charge in [-0.2, -0.15) is 0 Å². The Kier molecular flexibility index (Phi) is 6.50. The van der Waals surface area contributed by atoms with Crippen molar-refractivity contribution in [1.29, 1.82) is 0 Å². The van der Waals surface area contributed by atoms with Crippen molar-refractivity contribution in [2.45, 2.75) is 77.3 Å². The molecule has 0 heterocycles. The van der Waals surface area contributed by atoms with Crippen LogP contribution in [0.25, 0.3) is 0 Å². The number of hydrogen-bond donors (Lipinski definition) is 1. The van der Waals surface area contributed by atoms with Crippen LogP contribution in [0.3, 0.4) is 0 Å². The van der Waals surface area contributed by atoms with E-state index in [1.807, 2.05) is 0 Å². The third-order valence-corrected chi connectivity index (χ3v) is 4.33. The summed E-state index contributed by atoms with van der Waals surface area (Å²) in [5, 5.41) is 3.58. The lowest BCUT2D eigenvalue weighted by atomic mass is 9.99. The van der Waals surface area contributed by atoms with Crippen molar-refractivity contribution in [3.05, 3.63) is 0 Å². The zero-order chi connectivity index (χ0) is 12.7. The first kappa shape index (κ1) is 15.0. The third-order valence-electron chi connectivity index (χ3n) is 4.33. The van der Waals surface area contributed by atoms with Gasteiger partial charge in [-0.3, -0.25) is 0 Å². The number of rotatable bonds is 10. The lowest BCUT2D eigenvalue weighted by molar-refractivity contribution is 0.148. The molecule has 2 heteroatoms. The van der Waals surface area contributed by atoms with E-state index >= 15 is 0 Å². The second kappa shape index (κ2) is 7.38. The summed E-state index contributed by atoms with van der Waals surface area (Å²) in [4.78, 5) is 2.51. The maximum absolute atomic E-state index is 3.58. The van der Waals surface area contributed by atoms with E-state index in [4.69, 9.17) is 0 Å². The largest absolute Gasteiger partial charge is 0.314 e. The van der Waals surface area contributed by atoms with Crippen molar-refractivity contribution in [3.63, 3.8) is 0 Å². The number of nitrogens with one attached hydrogen (secondary N) is 1. The number of nitrogens with zero attached hydrogens (tertiary/aromatic N) is 1. The minimum atomic E-state index is 0.369. The summed E-state index contributed by atoms with van der Waals surface area (Å²) in [7, 11) is 2.26. The van der Waals surface area contributed by atoms with Gasteiger partial charge in [0.05, 0.1) is 0 Å². The highest BCUT2D eigenvalue weighted by Gasteiger charge is 2.20. The minimum Gasteiger partial charge on any atom is -0.314 e. The highest BCUT2D eigenvalue weighted by atomic mass is 15.2. The predicted octanol–water partition coefficient (Wildman–Crippen LogP) is 3.42. The topological polar surface area (TPSA) is 15.3 Å². The first-order valence-electron chi connectivity index (χ1n) is 7.51. The molecule has 1 N–H and O–H groups in total. The quantitative estimate of drug-likeness (QED) is 0.589. The van der Waals surface area contributed by atoms with Crippen molar-refractivity contribution in [2.24, 2.45) is 0 Å². The predicted molar refractivity (Wildman–Crippen MR) is 76.5 cm³/mol. The van der Waals surface area contributed by atoms with Crippen LogP contribution < -0.4 is 5.32 Å². The summed E-state index contributed by atoms with van der Waals surface area (Å²) >= 11 is 0. The van der Waals surface area contributed by atoms with E-state index in [1.165, 1.54) is 58.0 Å². The highest BCUT2D eigenvalue weighted by Crippen LogP contribution is 2.19. The molecule has 1 aliphatic carbocycles. The molecule has 1 rings (SSSR count). The van der Waals surface area contributed by atoms with E-state index in [0.717, 1.165) is 6.04 Å². The van der Waals surface area contributed by atoms with Crippen LogP contribution in [0.2, 0.25) is 0 Å². The van der Waals surface area contributed by atoms with Gasteiger partial charge in [0.15, 0.2) is 0 Å². The standard InChI is InChI=1S/C15H32N2/c1-5-15(2,3)17(4)13-9-7-6-8-12-16-14-10-11-14/h14,16H,5-13H2,1-4H3. The fourth-order valence-corrected chi connectivity index (χ4v) is 1.99. The highest BCUT2D eigenvalue weighted by molar-refractivity contribution is 4.80. The smallest absolute Gasteiger partial charge is 0.0147 e. The molecule has 1 aliphatic rings. The Morgan fingerprint density at radius 1 is 1.12 bits per heavy atom. The number of hydrogen-bond acceptors (Lipinski definition) is 2. The summed E-state index contributed by atoms with van der Waals surface area (Å²) < 4.78 is 0. The molecular formula is C15H32N2. The van der Waals surface area contributed by atoms with E-state index in [9.17, 15) is 0 Å². The molecule has 0 amide bonds. The summed E-state index contributed by atoms with van der Waals surface area (Å²) in [6.07, 6.45) is 9.54. The molecule has 0 unspecified atom stereocenters. The molecule has 0 atom stereocenters. The van der Waals surface area contributed by atoms with Crippen molar-refractivity contribution in [1.82, 2.24) is 10.2 Å². The molecular weight excluding hydrogens is 208 g/mol. The molecule has 0 aromatic heterocycles. The van der Waals surface area contributed by atoms with E-state index in [2.05, 4.69) is 38.0 Å². The van der Waals surface area contributed by atoms with Crippen molar-refractivity contribution >= 4 is 0 Å². The van der Waals surface area contributed by atoms with Gasteiger partial charge < -0.3 is 10.2 Å². The van der Waals surface area contributed by atoms with Gasteiger partial charge in [-0.1, -0.05) is 19.8 Å². The van der Waals surface area contributed by atoms with Crippen LogP contribution in [0.4, 0.5) is 0 Å². The van der Waals surface area contributed by atoms with E-state index in [-0.39, 0.29) is 0 Å². The Balaban J connectivity index is 1.88. The normalized spacial score (nSPS) is 16.8. The van der Waals surface area contributed by atoms with Crippen LogP contribution in [0.5, 0.6) is 0 Å². The van der Waals surface area contributed by atoms with Gasteiger partial charge in [0, 0.05) is 11.6 Å². The van der Waals surface area contributed by atoms with E-state index in [0.29, 0.717) is 5.54 Å². The first-order valence-corrected chi connectivity index (χ1v) is 7.51. The Hall–Kier alpha value is -0.0800. The summed E-state index contributed by atoms with van der Waals surface area (Å²) in [6, 6.07) is 0.881. The van der Waals surface area contributed by atoms with Crippen LogP contribution in [0.1, 0.15) is 65.7 Å². The maximum atomic E-state index is 3.58. The van der Waals surface area contributed by atoms with E-state index < -0.39 is 0 Å². The Morgan fingerprint density at radius 2 is 1.76 bits per heavy atom. The molecule has 1 fully saturated rings. The van der Waals surface area contributed by atoms with Crippen molar-refractivity contribution in [3.8, 4) is 0 Å². The minimum absolute atomic E-state index is 0.369. The second-order valence-electron chi connectivity index (χ2n) is 6.23. The molecule has 17 heavy (non-hydrogen) atoms. The molecule has 2 nitrogen and oxygen atoms in total. The molecule has 0 bridgehead atoms. The fourth-order valence-electron chi connectivity index (χ4n) is 1.99. The first-order chi connectivity index (χ1) is 8.06. The van der Waals surface area contributed by atoms with Gasteiger partial charge >= 0.3 is 0 Å². The van der Waals surface area contributed by atoms with E-state index in [1.54, 1.807) is 0 Å². The van der Waals surface area contributed by atoms with Crippen LogP contribution in [-0.4, -0.2) is 36.6 Å². The summed E-state index contributed by atoms with van der Waals surface area (Å²) in [5.74, 6) is 0. The van der Waals surface area contributed by atoms with Crippen molar-refractivity contribution in [2.75, 3.05) is 20.1 Å². The number of unbranched alkanes of at least 4 members (excludes halogenated alkanes) is 3. The lowest BCUT2D eigenvalue weighted by Gasteiger charge is -2.34. The molecule has 0 aliphatic heterocycles. The molecule has 1 saturated carbocycles. The van der Waals surface area contributed by atoms with Gasteiger partial charge in [-0.15, -0.1) is 0 Å². The fraction of sp³-hybridized carbons (Fsp3) is 1.00. The van der Waals surface area contributed by atoms with Crippen LogP contribution in [0, 0.1) is 0 Å². The molecule has 0 saturated heterocycles. The Bertz CT molecular complexity index is 197. The van der Waals surface area contributed by atoms with Gasteiger partial charge in [-0.25, -0.2) is 0 Å². The van der Waals surface area contributed by atoms with Gasteiger partial charge in [-0.05, 0) is 66.1 Å². The third kappa shape index (κ3) is 6.42. The monoisotopic (exact) mass is 240 g/mol. The lowest BCUT2D eigenvalue weighted by Crippen LogP contribution is -2.40. The Labute approximate surface area is 108 Å². The molecule has 0 radical (unpaired) electrons. The summed E-state index contributed by atoms with van der Waals surface area (Å²) in [5.41, 5.74) is 0.369. The average Bonchev–Trinajstić information content (AvgIpc) is 3.11. The van der Waals surface area contributed by atoms with Crippen molar-refractivity contribution < 1.29 is 0 Å². The van der Waals surface area contributed by atoms with Gasteiger partial charge in [0.25, 0.3) is 0 Å². The van der Waals surface area contributed by atoms with Crippen LogP contribution >= 0.6 is 0 Å². The zero-order valence-electron chi connectivity index (χ0n) is 12.4.